The van der Waals surface area contributed by atoms with Crippen LogP contribution in [0.1, 0.15) is 56.1 Å². The number of hydrogen-bond acceptors (Lipinski definition) is 4. The van der Waals surface area contributed by atoms with Gasteiger partial charge in [-0.1, -0.05) is 13.0 Å². The Kier molecular flexibility index (Phi) is 4.06. The summed E-state index contributed by atoms with van der Waals surface area (Å²) in [7, 11) is 1.45. The maximum Gasteiger partial charge on any atom is 0.305 e. The molecule has 4 heteroatoms. The van der Waals surface area contributed by atoms with Crippen LogP contribution >= 0.6 is 0 Å². The zero-order valence-electron chi connectivity index (χ0n) is 15.1. The van der Waals surface area contributed by atoms with Crippen molar-refractivity contribution in [1.29, 1.82) is 0 Å². The summed E-state index contributed by atoms with van der Waals surface area (Å²) in [5, 5.41) is 20.5. The number of ether oxygens (including phenoxy) is 1. The van der Waals surface area contributed by atoms with Gasteiger partial charge in [0, 0.05) is 6.42 Å². The summed E-state index contributed by atoms with van der Waals surface area (Å²) >= 11 is 0. The molecule has 5 unspecified atom stereocenters. The molecule has 3 aliphatic rings. The molecular formula is C21H28O4. The number of fused-ring (bicyclic) bond motifs is 5. The third-order valence-electron chi connectivity index (χ3n) is 7.44. The molecule has 0 bridgehead atoms. The molecule has 1 aromatic rings. The van der Waals surface area contributed by atoms with E-state index < -0.39 is 0 Å². The van der Waals surface area contributed by atoms with Crippen molar-refractivity contribution in [2.45, 2.75) is 57.5 Å². The van der Waals surface area contributed by atoms with Crippen molar-refractivity contribution in [3.05, 3.63) is 29.3 Å². The number of phenolic OH excluding ortho intramolecular Hbond substituents is 1. The first-order chi connectivity index (χ1) is 11.9. The molecule has 1 aromatic carbocycles. The van der Waals surface area contributed by atoms with Gasteiger partial charge in [-0.15, -0.1) is 0 Å². The number of carbonyl (C=O) groups excluding carboxylic acids is 1. The van der Waals surface area contributed by atoms with Crippen LogP contribution in [0.4, 0.5) is 0 Å². The highest BCUT2D eigenvalue weighted by atomic mass is 16.5. The first kappa shape index (κ1) is 16.9. The van der Waals surface area contributed by atoms with Gasteiger partial charge in [0.05, 0.1) is 13.2 Å². The van der Waals surface area contributed by atoms with E-state index in [1.807, 2.05) is 6.07 Å². The highest BCUT2D eigenvalue weighted by Crippen LogP contribution is 2.63. The molecule has 0 amide bonds. The Balaban J connectivity index is 1.76. The van der Waals surface area contributed by atoms with Gasteiger partial charge in [-0.05, 0) is 84.5 Å². The van der Waals surface area contributed by atoms with Crippen molar-refractivity contribution in [3.8, 4) is 5.75 Å². The second-order valence-corrected chi connectivity index (χ2v) is 8.56. The largest absolute Gasteiger partial charge is 0.508 e. The molecule has 2 fully saturated rings. The maximum atomic E-state index is 12.1. The highest BCUT2D eigenvalue weighted by Gasteiger charge is 2.57. The fourth-order valence-electron chi connectivity index (χ4n) is 6.34. The Morgan fingerprint density at radius 3 is 2.88 bits per heavy atom. The molecule has 4 rings (SSSR count). The molecule has 0 saturated heterocycles. The fraction of sp³-hybridized carbons (Fsp3) is 0.667. The Bertz CT molecular complexity index is 684. The summed E-state index contributed by atoms with van der Waals surface area (Å²) in [5.74, 6) is 1.69. The van der Waals surface area contributed by atoms with E-state index in [0.717, 1.165) is 32.1 Å². The molecule has 0 aliphatic heterocycles. The summed E-state index contributed by atoms with van der Waals surface area (Å²) in [6, 6.07) is 5.71. The van der Waals surface area contributed by atoms with E-state index in [2.05, 4.69) is 13.0 Å². The van der Waals surface area contributed by atoms with Crippen LogP contribution in [-0.2, 0) is 16.0 Å². The molecule has 0 spiro atoms. The van der Waals surface area contributed by atoms with Crippen LogP contribution < -0.4 is 0 Å². The van der Waals surface area contributed by atoms with E-state index in [4.69, 9.17) is 4.74 Å². The topological polar surface area (TPSA) is 66.8 Å². The highest BCUT2D eigenvalue weighted by molar-refractivity contribution is 5.69. The minimum absolute atomic E-state index is 0.0890. The van der Waals surface area contributed by atoms with Crippen LogP contribution in [0.3, 0.4) is 0 Å². The van der Waals surface area contributed by atoms with Gasteiger partial charge in [0.2, 0.25) is 0 Å². The van der Waals surface area contributed by atoms with Gasteiger partial charge in [0.15, 0.2) is 0 Å². The van der Waals surface area contributed by atoms with Crippen molar-refractivity contribution in [1.82, 2.24) is 0 Å². The molecule has 136 valence electrons. The smallest absolute Gasteiger partial charge is 0.305 e. The molecule has 25 heavy (non-hydrogen) atoms. The lowest BCUT2D eigenvalue weighted by Crippen LogP contribution is -2.48. The lowest BCUT2D eigenvalue weighted by atomic mass is 9.51. The molecule has 0 aromatic heterocycles. The predicted molar refractivity (Wildman–Crippen MR) is 94.2 cm³/mol. The number of phenols is 1. The van der Waals surface area contributed by atoms with Crippen molar-refractivity contribution in [2.24, 2.45) is 23.2 Å². The van der Waals surface area contributed by atoms with E-state index in [1.165, 1.54) is 18.2 Å². The Labute approximate surface area is 149 Å². The first-order valence-electron chi connectivity index (χ1n) is 9.50. The van der Waals surface area contributed by atoms with Gasteiger partial charge in [0.1, 0.15) is 5.75 Å². The van der Waals surface area contributed by atoms with Gasteiger partial charge < -0.3 is 14.9 Å². The molecule has 0 heterocycles. The van der Waals surface area contributed by atoms with Crippen molar-refractivity contribution < 1.29 is 19.7 Å². The number of rotatable bonds is 2. The number of benzene rings is 1. The monoisotopic (exact) mass is 344 g/mol. The molecule has 3 aliphatic carbocycles. The second kappa shape index (κ2) is 6.01. The average molecular weight is 344 g/mol. The molecule has 0 radical (unpaired) electrons. The zero-order valence-corrected chi connectivity index (χ0v) is 15.1. The summed E-state index contributed by atoms with van der Waals surface area (Å²) in [6.07, 6.45) is 5.02. The molecule has 6 atom stereocenters. The lowest BCUT2D eigenvalue weighted by Gasteiger charge is -2.53. The van der Waals surface area contributed by atoms with Gasteiger partial charge in [-0.2, -0.15) is 0 Å². The molecule has 2 N–H and O–H groups in total. The normalized spacial score (nSPS) is 39.2. The number of aryl methyl sites for hydroxylation is 1. The van der Waals surface area contributed by atoms with E-state index in [9.17, 15) is 15.0 Å². The number of aliphatic hydroxyl groups is 1. The third-order valence-corrected chi connectivity index (χ3v) is 7.44. The number of aromatic hydroxyl groups is 1. The Morgan fingerprint density at radius 1 is 1.32 bits per heavy atom. The van der Waals surface area contributed by atoms with Crippen LogP contribution in [0.25, 0.3) is 0 Å². The Morgan fingerprint density at radius 2 is 2.12 bits per heavy atom. The zero-order chi connectivity index (χ0) is 17.8. The van der Waals surface area contributed by atoms with Crippen molar-refractivity contribution >= 4 is 5.97 Å². The van der Waals surface area contributed by atoms with Gasteiger partial charge in [-0.3, -0.25) is 4.79 Å². The first-order valence-corrected chi connectivity index (χ1v) is 9.50. The summed E-state index contributed by atoms with van der Waals surface area (Å²) in [5.41, 5.74) is 2.43. The lowest BCUT2D eigenvalue weighted by molar-refractivity contribution is -0.144. The SMILES string of the molecule is COC(=O)CC1C[C@]2(C)C(O)CCC2C2CCc3cc(O)ccc3C12. The molecular weight excluding hydrogens is 316 g/mol. The number of hydrogen-bond donors (Lipinski definition) is 2. The maximum absolute atomic E-state index is 12.1. The Hall–Kier alpha value is -1.55. The quantitative estimate of drug-likeness (QED) is 0.807. The predicted octanol–water partition coefficient (Wildman–Crippen LogP) is 3.40. The summed E-state index contributed by atoms with van der Waals surface area (Å²) in [6.45, 7) is 2.22. The van der Waals surface area contributed by atoms with Gasteiger partial charge >= 0.3 is 5.97 Å². The van der Waals surface area contributed by atoms with Crippen LogP contribution in [0.5, 0.6) is 5.75 Å². The van der Waals surface area contributed by atoms with Crippen LogP contribution in [-0.4, -0.2) is 29.4 Å². The minimum Gasteiger partial charge on any atom is -0.508 e. The number of methoxy groups -OCH3 is 1. The number of esters is 1. The van der Waals surface area contributed by atoms with E-state index in [0.29, 0.717) is 29.9 Å². The standard InChI is InChI=1S/C21H28O4/c1-21-11-13(10-19(24)25-2)20-15-6-4-14(22)9-12(15)3-5-16(20)17(21)7-8-18(21)23/h4,6,9,13,16-18,20,22-23H,3,5,7-8,10-11H2,1-2H3/t13?,16?,17?,18?,20?,21-/m0/s1. The van der Waals surface area contributed by atoms with Gasteiger partial charge in [0.25, 0.3) is 0 Å². The number of aliphatic hydroxyl groups excluding tert-OH is 1. The minimum atomic E-state index is -0.264. The van der Waals surface area contributed by atoms with Crippen LogP contribution in [0.2, 0.25) is 0 Å². The second-order valence-electron chi connectivity index (χ2n) is 8.56. The van der Waals surface area contributed by atoms with E-state index in [-0.39, 0.29) is 23.4 Å². The van der Waals surface area contributed by atoms with Gasteiger partial charge in [-0.25, -0.2) is 0 Å². The number of carbonyl (C=O) groups is 1. The van der Waals surface area contributed by atoms with Crippen molar-refractivity contribution in [2.75, 3.05) is 7.11 Å². The van der Waals surface area contributed by atoms with Crippen molar-refractivity contribution in [3.63, 3.8) is 0 Å². The molecule has 4 nitrogen and oxygen atoms in total. The van der Waals surface area contributed by atoms with Crippen LogP contribution in [0, 0.1) is 23.2 Å². The van der Waals surface area contributed by atoms with E-state index >= 15 is 0 Å². The molecule has 2 saturated carbocycles. The third kappa shape index (κ3) is 2.57. The van der Waals surface area contributed by atoms with E-state index in [1.54, 1.807) is 6.07 Å². The summed E-state index contributed by atoms with van der Waals surface area (Å²) in [4.78, 5) is 12.1. The van der Waals surface area contributed by atoms with Crippen LogP contribution in [0.15, 0.2) is 18.2 Å². The fourth-order valence-corrected chi connectivity index (χ4v) is 6.34. The summed E-state index contributed by atoms with van der Waals surface area (Å²) < 4.78 is 4.97. The average Bonchev–Trinajstić information content (AvgIpc) is 2.89.